The quantitative estimate of drug-likeness (QED) is 0.840. The van der Waals surface area contributed by atoms with Crippen LogP contribution in [-0.2, 0) is 0 Å². The van der Waals surface area contributed by atoms with Crippen molar-refractivity contribution in [3.05, 3.63) is 23.0 Å². The summed E-state index contributed by atoms with van der Waals surface area (Å²) in [5.41, 5.74) is 9.96. The van der Waals surface area contributed by atoms with E-state index >= 15 is 0 Å². The highest BCUT2D eigenvalue weighted by Crippen LogP contribution is 2.34. The van der Waals surface area contributed by atoms with Crippen molar-refractivity contribution in [2.24, 2.45) is 11.7 Å². The molecular formula is C15H23N3S. The fourth-order valence-electron chi connectivity index (χ4n) is 2.51. The van der Waals surface area contributed by atoms with E-state index in [4.69, 9.17) is 18.0 Å². The van der Waals surface area contributed by atoms with Gasteiger partial charge in [-0.05, 0) is 52.5 Å². The maximum absolute atomic E-state index is 5.91. The third-order valence-corrected chi connectivity index (χ3v) is 3.84. The monoisotopic (exact) mass is 277 g/mol. The molecule has 0 aromatic carbocycles. The first-order chi connectivity index (χ1) is 8.90. The minimum atomic E-state index is 0.440. The van der Waals surface area contributed by atoms with Gasteiger partial charge in [0.15, 0.2) is 0 Å². The standard InChI is InChI=1S/C15H23N3S/c1-9(2)18(8-12-5-6-12)13-7-10(3)17-11(4)14(13)15(16)19/h7,9,12H,5-6,8H2,1-4H3,(H2,16,19). The number of rotatable bonds is 5. The van der Waals surface area contributed by atoms with Crippen LogP contribution in [0, 0.1) is 19.8 Å². The summed E-state index contributed by atoms with van der Waals surface area (Å²) in [5.74, 6) is 0.829. The maximum Gasteiger partial charge on any atom is 0.107 e. The molecule has 1 aromatic heterocycles. The first-order valence-electron chi connectivity index (χ1n) is 6.94. The molecule has 1 fully saturated rings. The van der Waals surface area contributed by atoms with Gasteiger partial charge in [-0.25, -0.2) is 0 Å². The van der Waals surface area contributed by atoms with Crippen LogP contribution in [0.1, 0.15) is 43.6 Å². The molecule has 1 aromatic rings. The highest BCUT2D eigenvalue weighted by molar-refractivity contribution is 7.80. The van der Waals surface area contributed by atoms with E-state index in [2.05, 4.69) is 29.8 Å². The number of aryl methyl sites for hydroxylation is 2. The molecule has 0 atom stereocenters. The van der Waals surface area contributed by atoms with Gasteiger partial charge < -0.3 is 10.6 Å². The number of hydrogen-bond donors (Lipinski definition) is 1. The first kappa shape index (κ1) is 14.3. The van der Waals surface area contributed by atoms with Crippen molar-refractivity contribution in [3.63, 3.8) is 0 Å². The lowest BCUT2D eigenvalue weighted by molar-refractivity contribution is 0.643. The molecule has 0 amide bonds. The lowest BCUT2D eigenvalue weighted by Crippen LogP contribution is -2.35. The Kier molecular flexibility index (Phi) is 4.09. The van der Waals surface area contributed by atoms with Crippen LogP contribution in [0.15, 0.2) is 6.07 Å². The molecule has 0 radical (unpaired) electrons. The molecule has 1 saturated carbocycles. The molecule has 0 aliphatic heterocycles. The maximum atomic E-state index is 5.91. The van der Waals surface area contributed by atoms with Gasteiger partial charge in [-0.2, -0.15) is 0 Å². The van der Waals surface area contributed by atoms with Crippen molar-refractivity contribution in [3.8, 4) is 0 Å². The zero-order valence-corrected chi connectivity index (χ0v) is 13.0. The second kappa shape index (κ2) is 5.45. The van der Waals surface area contributed by atoms with E-state index in [0.29, 0.717) is 11.0 Å². The second-order valence-electron chi connectivity index (χ2n) is 5.80. The van der Waals surface area contributed by atoms with E-state index in [1.165, 1.54) is 12.8 Å². The third kappa shape index (κ3) is 3.24. The summed E-state index contributed by atoms with van der Waals surface area (Å²) < 4.78 is 0. The largest absolute Gasteiger partial charge is 0.389 e. The molecular weight excluding hydrogens is 254 g/mol. The van der Waals surface area contributed by atoms with Gasteiger partial charge in [-0.1, -0.05) is 12.2 Å². The van der Waals surface area contributed by atoms with Crippen molar-refractivity contribution < 1.29 is 0 Å². The molecule has 0 unspecified atom stereocenters. The van der Waals surface area contributed by atoms with Crippen molar-refractivity contribution in [2.75, 3.05) is 11.4 Å². The van der Waals surface area contributed by atoms with Crippen molar-refractivity contribution in [2.45, 2.75) is 46.6 Å². The SMILES string of the molecule is Cc1cc(N(CC2CC2)C(C)C)c(C(N)=S)c(C)n1. The zero-order chi connectivity index (χ0) is 14.2. The van der Waals surface area contributed by atoms with Crippen molar-refractivity contribution >= 4 is 22.9 Å². The molecule has 0 saturated heterocycles. The summed E-state index contributed by atoms with van der Waals surface area (Å²) in [6.07, 6.45) is 2.68. The molecule has 19 heavy (non-hydrogen) atoms. The van der Waals surface area contributed by atoms with Crippen LogP contribution in [0.3, 0.4) is 0 Å². The second-order valence-corrected chi connectivity index (χ2v) is 6.24. The topological polar surface area (TPSA) is 42.1 Å². The Labute approximate surface area is 121 Å². The van der Waals surface area contributed by atoms with E-state index in [1.807, 2.05) is 13.8 Å². The predicted octanol–water partition coefficient (Wildman–Crippen LogP) is 2.96. The molecule has 1 aliphatic carbocycles. The summed E-state index contributed by atoms with van der Waals surface area (Å²) >= 11 is 5.23. The molecule has 4 heteroatoms. The fraction of sp³-hybridized carbons (Fsp3) is 0.600. The Morgan fingerprint density at radius 1 is 1.47 bits per heavy atom. The highest BCUT2D eigenvalue weighted by Gasteiger charge is 2.27. The van der Waals surface area contributed by atoms with Crippen LogP contribution < -0.4 is 10.6 Å². The van der Waals surface area contributed by atoms with E-state index in [0.717, 1.165) is 35.1 Å². The third-order valence-electron chi connectivity index (χ3n) is 3.64. The lowest BCUT2D eigenvalue weighted by Gasteiger charge is -2.31. The molecule has 3 nitrogen and oxygen atoms in total. The Morgan fingerprint density at radius 3 is 2.58 bits per heavy atom. The summed E-state index contributed by atoms with van der Waals surface area (Å²) in [6, 6.07) is 2.55. The predicted molar refractivity (Wildman–Crippen MR) is 84.8 cm³/mol. The highest BCUT2D eigenvalue weighted by atomic mass is 32.1. The van der Waals surface area contributed by atoms with Crippen molar-refractivity contribution in [1.29, 1.82) is 0 Å². The van der Waals surface area contributed by atoms with Gasteiger partial charge in [0.2, 0.25) is 0 Å². The number of thiocarbonyl (C=S) groups is 1. The van der Waals surface area contributed by atoms with Gasteiger partial charge in [0.25, 0.3) is 0 Å². The molecule has 1 heterocycles. The number of nitrogens with two attached hydrogens (primary N) is 1. The minimum absolute atomic E-state index is 0.440. The van der Waals surface area contributed by atoms with Crippen LogP contribution in [0.4, 0.5) is 5.69 Å². The first-order valence-corrected chi connectivity index (χ1v) is 7.35. The van der Waals surface area contributed by atoms with Gasteiger partial charge in [0.05, 0.1) is 11.3 Å². The summed E-state index contributed by atoms with van der Waals surface area (Å²) in [5, 5.41) is 0. The van der Waals surface area contributed by atoms with Crippen LogP contribution in [-0.4, -0.2) is 22.6 Å². The number of pyridine rings is 1. The molecule has 0 spiro atoms. The Balaban J connectivity index is 2.46. The Morgan fingerprint density at radius 2 is 2.11 bits per heavy atom. The van der Waals surface area contributed by atoms with E-state index < -0.39 is 0 Å². The van der Waals surface area contributed by atoms with Gasteiger partial charge in [-0.15, -0.1) is 0 Å². The zero-order valence-electron chi connectivity index (χ0n) is 12.2. The Hall–Kier alpha value is -1.16. The van der Waals surface area contributed by atoms with Crippen molar-refractivity contribution in [1.82, 2.24) is 4.98 Å². The minimum Gasteiger partial charge on any atom is -0.389 e. The molecule has 0 bridgehead atoms. The van der Waals surface area contributed by atoms with Gasteiger partial charge in [-0.3, -0.25) is 4.98 Å². The molecule has 2 N–H and O–H groups in total. The molecule has 2 rings (SSSR count). The lowest BCUT2D eigenvalue weighted by atomic mass is 10.1. The number of nitrogens with zero attached hydrogens (tertiary/aromatic N) is 2. The van der Waals surface area contributed by atoms with Gasteiger partial charge in [0, 0.05) is 24.0 Å². The van der Waals surface area contributed by atoms with Crippen LogP contribution >= 0.6 is 12.2 Å². The van der Waals surface area contributed by atoms with Crippen LogP contribution in [0.25, 0.3) is 0 Å². The molecule has 104 valence electrons. The number of hydrogen-bond acceptors (Lipinski definition) is 3. The molecule has 1 aliphatic rings. The smallest absolute Gasteiger partial charge is 0.107 e. The average molecular weight is 277 g/mol. The fourth-order valence-corrected chi connectivity index (χ4v) is 2.76. The summed E-state index contributed by atoms with van der Waals surface area (Å²) in [6.45, 7) is 9.54. The Bertz CT molecular complexity index is 492. The van der Waals surface area contributed by atoms with Crippen LogP contribution in [0.5, 0.6) is 0 Å². The number of aromatic nitrogens is 1. The normalized spacial score (nSPS) is 14.8. The number of anilines is 1. The van der Waals surface area contributed by atoms with Gasteiger partial charge in [0.1, 0.15) is 4.99 Å². The van der Waals surface area contributed by atoms with E-state index in [1.54, 1.807) is 0 Å². The average Bonchev–Trinajstić information content (AvgIpc) is 3.07. The summed E-state index contributed by atoms with van der Waals surface area (Å²) in [7, 11) is 0. The van der Waals surface area contributed by atoms with E-state index in [-0.39, 0.29) is 0 Å². The summed E-state index contributed by atoms with van der Waals surface area (Å²) in [4.78, 5) is 7.37. The van der Waals surface area contributed by atoms with Crippen LogP contribution in [0.2, 0.25) is 0 Å². The van der Waals surface area contributed by atoms with E-state index in [9.17, 15) is 0 Å². The van der Waals surface area contributed by atoms with Gasteiger partial charge >= 0.3 is 0 Å².